The van der Waals surface area contributed by atoms with Crippen LogP contribution in [-0.4, -0.2) is 46.6 Å². The number of ether oxygens (including phenoxy) is 3. The SMILES string of the molecule is CCC1OC2(CCC1C)CC1CC(CC=C(C)CC(C)C=CC=C(C)C3(O)CC(=O)C(C)=CC3C(=O)O1)O2. The van der Waals surface area contributed by atoms with Gasteiger partial charge in [-0.05, 0) is 69.4 Å². The van der Waals surface area contributed by atoms with Crippen LogP contribution in [0, 0.1) is 17.8 Å². The molecular formula is C32H46O6. The topological polar surface area (TPSA) is 82.1 Å². The third-order valence-electron chi connectivity index (χ3n) is 9.01. The van der Waals surface area contributed by atoms with Gasteiger partial charge in [0.1, 0.15) is 17.6 Å². The molecule has 0 radical (unpaired) electrons. The number of hydrogen-bond acceptors (Lipinski definition) is 6. The summed E-state index contributed by atoms with van der Waals surface area (Å²) in [5.41, 5.74) is 0.727. The zero-order chi connectivity index (χ0) is 27.7. The molecule has 1 spiro atoms. The Hall–Kier alpha value is -2.02. The molecule has 4 rings (SSSR count). The molecule has 0 aromatic carbocycles. The van der Waals surface area contributed by atoms with Crippen LogP contribution in [0.15, 0.2) is 47.1 Å². The van der Waals surface area contributed by atoms with E-state index < -0.39 is 29.4 Å². The Labute approximate surface area is 228 Å². The molecule has 1 aliphatic carbocycles. The van der Waals surface area contributed by atoms with Crippen molar-refractivity contribution in [1.29, 1.82) is 0 Å². The lowest BCUT2D eigenvalue weighted by molar-refractivity contribution is -0.335. The van der Waals surface area contributed by atoms with E-state index in [-0.39, 0.29) is 24.4 Å². The molecule has 0 saturated carbocycles. The molecule has 6 heteroatoms. The smallest absolute Gasteiger partial charge is 0.316 e. The van der Waals surface area contributed by atoms with Crippen molar-refractivity contribution in [3.05, 3.63) is 47.1 Å². The zero-order valence-corrected chi connectivity index (χ0v) is 24.0. The molecule has 1 N–H and O–H groups in total. The van der Waals surface area contributed by atoms with Crippen molar-refractivity contribution in [2.24, 2.45) is 17.8 Å². The van der Waals surface area contributed by atoms with E-state index >= 15 is 0 Å². The highest BCUT2D eigenvalue weighted by atomic mass is 16.7. The first-order chi connectivity index (χ1) is 17.9. The minimum atomic E-state index is -1.62. The number of carbonyl (C=O) groups is 2. The van der Waals surface area contributed by atoms with Gasteiger partial charge in [-0.2, -0.15) is 0 Å². The first kappa shape index (κ1) is 29.0. The highest BCUT2D eigenvalue weighted by Gasteiger charge is 2.51. The van der Waals surface area contributed by atoms with Gasteiger partial charge in [0, 0.05) is 25.7 Å². The second-order valence-corrected chi connectivity index (χ2v) is 12.3. The molecule has 3 heterocycles. The number of rotatable bonds is 1. The first-order valence-corrected chi connectivity index (χ1v) is 14.5. The maximum absolute atomic E-state index is 13.7. The van der Waals surface area contributed by atoms with Crippen molar-refractivity contribution in [2.75, 3.05) is 0 Å². The highest BCUT2D eigenvalue weighted by molar-refractivity contribution is 5.99. The maximum Gasteiger partial charge on any atom is 0.316 e. The summed E-state index contributed by atoms with van der Waals surface area (Å²) in [7, 11) is 0. The van der Waals surface area contributed by atoms with Crippen molar-refractivity contribution in [3.8, 4) is 0 Å². The minimum absolute atomic E-state index is 0.106. The Morgan fingerprint density at radius 3 is 2.61 bits per heavy atom. The van der Waals surface area contributed by atoms with Crippen LogP contribution in [0.5, 0.6) is 0 Å². The average Bonchev–Trinajstić information content (AvgIpc) is 2.85. The summed E-state index contributed by atoms with van der Waals surface area (Å²) >= 11 is 0. The van der Waals surface area contributed by atoms with Crippen LogP contribution in [0.3, 0.4) is 0 Å². The number of allylic oxidation sites excluding steroid dienone is 5. The Kier molecular flexibility index (Phi) is 8.85. The number of hydrogen-bond donors (Lipinski definition) is 1. The number of esters is 1. The number of carbonyl (C=O) groups excluding carboxylic acids is 2. The summed E-state index contributed by atoms with van der Waals surface area (Å²) in [6, 6.07) is 0. The quantitative estimate of drug-likeness (QED) is 0.326. The van der Waals surface area contributed by atoms with Crippen molar-refractivity contribution >= 4 is 11.8 Å². The van der Waals surface area contributed by atoms with Crippen molar-refractivity contribution < 1.29 is 28.9 Å². The molecule has 0 aromatic heterocycles. The summed E-state index contributed by atoms with van der Waals surface area (Å²) in [4.78, 5) is 26.4. The maximum atomic E-state index is 13.7. The Bertz CT molecular complexity index is 1040. The second kappa shape index (κ2) is 11.6. The Balaban J connectivity index is 1.71. The lowest BCUT2D eigenvalue weighted by Crippen LogP contribution is -2.55. The lowest BCUT2D eigenvalue weighted by atomic mass is 9.72. The molecule has 6 nitrogen and oxygen atoms in total. The summed E-state index contributed by atoms with van der Waals surface area (Å²) in [6.07, 6.45) is 14.5. The van der Waals surface area contributed by atoms with Crippen LogP contribution >= 0.6 is 0 Å². The third kappa shape index (κ3) is 6.24. The Morgan fingerprint density at radius 2 is 1.87 bits per heavy atom. The van der Waals surface area contributed by atoms with Gasteiger partial charge >= 0.3 is 5.97 Å². The molecule has 2 fully saturated rings. The molecule has 38 heavy (non-hydrogen) atoms. The fraction of sp³-hybridized carbons (Fsp3) is 0.688. The van der Waals surface area contributed by atoms with Gasteiger partial charge in [0.25, 0.3) is 0 Å². The highest BCUT2D eigenvalue weighted by Crippen LogP contribution is 2.44. The average molecular weight is 527 g/mol. The van der Waals surface area contributed by atoms with E-state index in [2.05, 4.69) is 39.8 Å². The fourth-order valence-corrected chi connectivity index (χ4v) is 6.55. The fourth-order valence-electron chi connectivity index (χ4n) is 6.55. The van der Waals surface area contributed by atoms with Gasteiger partial charge < -0.3 is 19.3 Å². The van der Waals surface area contributed by atoms with Crippen molar-refractivity contribution in [3.63, 3.8) is 0 Å². The standard InChI is InChI=1S/C32H46O6/c1-7-29-22(4)13-14-31(38-29)18-26-17-25(37-31)12-11-21(3)15-20(2)9-8-10-24(6)32(35)19-28(33)23(5)16-27(32)30(34)36-26/h8-11,16,20,22,25-27,29,35H,7,12-15,17-19H2,1-6H3. The zero-order valence-electron chi connectivity index (χ0n) is 24.0. The van der Waals surface area contributed by atoms with Crippen LogP contribution in [0.4, 0.5) is 0 Å². The van der Waals surface area contributed by atoms with Gasteiger partial charge in [-0.3, -0.25) is 9.59 Å². The van der Waals surface area contributed by atoms with Crippen LogP contribution < -0.4 is 0 Å². The van der Waals surface area contributed by atoms with Gasteiger partial charge in [-0.25, -0.2) is 0 Å². The lowest BCUT2D eigenvalue weighted by Gasteiger charge is -2.49. The van der Waals surface area contributed by atoms with E-state index in [1.165, 1.54) is 5.57 Å². The van der Waals surface area contributed by atoms with Crippen LogP contribution in [-0.2, 0) is 23.8 Å². The monoisotopic (exact) mass is 526 g/mol. The third-order valence-corrected chi connectivity index (χ3v) is 9.01. The summed E-state index contributed by atoms with van der Waals surface area (Å²) in [5, 5.41) is 11.8. The Morgan fingerprint density at radius 1 is 1.11 bits per heavy atom. The number of aliphatic hydroxyl groups is 1. The molecule has 4 aliphatic rings. The van der Waals surface area contributed by atoms with Crippen LogP contribution in [0.2, 0.25) is 0 Å². The van der Waals surface area contributed by atoms with Gasteiger partial charge in [0.2, 0.25) is 0 Å². The van der Waals surface area contributed by atoms with E-state index in [1.807, 2.05) is 12.2 Å². The van der Waals surface area contributed by atoms with Gasteiger partial charge in [-0.1, -0.05) is 56.7 Å². The number of fused-ring (bicyclic) bond motifs is 3. The number of Topliss-reactive ketones (excluding diaryl/α,β-unsaturated/α-hetero) is 1. The normalized spacial score (nSPS) is 41.1. The van der Waals surface area contributed by atoms with Crippen LogP contribution in [0.1, 0.15) is 92.9 Å². The van der Waals surface area contributed by atoms with E-state index in [0.29, 0.717) is 35.8 Å². The van der Waals surface area contributed by atoms with Gasteiger partial charge in [0.15, 0.2) is 11.6 Å². The first-order valence-electron chi connectivity index (χ1n) is 14.5. The molecule has 3 aliphatic heterocycles. The van der Waals surface area contributed by atoms with E-state index in [1.54, 1.807) is 19.9 Å². The predicted octanol–water partition coefficient (Wildman–Crippen LogP) is 6.14. The minimum Gasteiger partial charge on any atom is -0.462 e. The van der Waals surface area contributed by atoms with Gasteiger partial charge in [-0.15, -0.1) is 0 Å². The van der Waals surface area contributed by atoms with E-state index in [9.17, 15) is 14.7 Å². The predicted molar refractivity (Wildman–Crippen MR) is 147 cm³/mol. The molecular weight excluding hydrogens is 480 g/mol. The largest absolute Gasteiger partial charge is 0.462 e. The summed E-state index contributed by atoms with van der Waals surface area (Å²) in [6.45, 7) is 12.2. The molecule has 0 amide bonds. The summed E-state index contributed by atoms with van der Waals surface area (Å²) < 4.78 is 19.5. The molecule has 8 unspecified atom stereocenters. The van der Waals surface area contributed by atoms with Crippen LogP contribution in [0.25, 0.3) is 0 Å². The number of ketones is 1. The summed E-state index contributed by atoms with van der Waals surface area (Å²) in [5.74, 6) is -1.63. The van der Waals surface area contributed by atoms with E-state index in [4.69, 9.17) is 14.2 Å². The van der Waals surface area contributed by atoms with Gasteiger partial charge in [0.05, 0.1) is 12.2 Å². The van der Waals surface area contributed by atoms with Crippen molar-refractivity contribution in [1.82, 2.24) is 0 Å². The molecule has 2 bridgehead atoms. The molecule has 2 saturated heterocycles. The van der Waals surface area contributed by atoms with Crippen molar-refractivity contribution in [2.45, 2.75) is 123 Å². The molecule has 210 valence electrons. The molecule has 0 aromatic rings. The molecule has 8 atom stereocenters. The van der Waals surface area contributed by atoms with E-state index in [0.717, 1.165) is 32.1 Å². The second-order valence-electron chi connectivity index (χ2n) is 12.3.